The van der Waals surface area contributed by atoms with Crippen molar-refractivity contribution in [2.75, 3.05) is 5.73 Å². The molecule has 0 saturated heterocycles. The van der Waals surface area contributed by atoms with Gasteiger partial charge in [-0.2, -0.15) is 13.2 Å². The second-order valence-electron chi connectivity index (χ2n) is 3.48. The van der Waals surface area contributed by atoms with Gasteiger partial charge in [-0.15, -0.1) is 11.3 Å². The molecular weight excluding hydrogens is 281 g/mol. The zero-order chi connectivity index (χ0) is 14.0. The first-order valence-electron chi connectivity index (χ1n) is 4.96. The SMILES string of the molecule is Nc1ncsc1C(=O)Oc1ccc(C(F)(F)F)cc1. The monoisotopic (exact) mass is 288 g/mol. The van der Waals surface area contributed by atoms with Crippen LogP contribution < -0.4 is 10.5 Å². The number of thiazole rings is 1. The molecule has 0 aliphatic heterocycles. The predicted molar refractivity (Wildman–Crippen MR) is 62.9 cm³/mol. The van der Waals surface area contributed by atoms with Crippen LogP contribution in [0.15, 0.2) is 29.8 Å². The number of hydrogen-bond acceptors (Lipinski definition) is 5. The Hall–Kier alpha value is -2.09. The lowest BCUT2D eigenvalue weighted by Crippen LogP contribution is -2.09. The largest absolute Gasteiger partial charge is 0.422 e. The molecule has 0 aliphatic carbocycles. The van der Waals surface area contributed by atoms with Crippen LogP contribution in [-0.4, -0.2) is 11.0 Å². The molecule has 19 heavy (non-hydrogen) atoms. The Morgan fingerprint density at radius 1 is 1.26 bits per heavy atom. The molecule has 0 radical (unpaired) electrons. The minimum absolute atomic E-state index is 0.00537. The molecule has 0 amide bonds. The van der Waals surface area contributed by atoms with Gasteiger partial charge in [-0.1, -0.05) is 0 Å². The van der Waals surface area contributed by atoms with Crippen LogP contribution in [0.2, 0.25) is 0 Å². The lowest BCUT2D eigenvalue weighted by molar-refractivity contribution is -0.137. The van der Waals surface area contributed by atoms with Crippen LogP contribution in [0.4, 0.5) is 19.0 Å². The first kappa shape index (κ1) is 13.3. The number of aromatic nitrogens is 1. The number of carbonyl (C=O) groups excluding carboxylic acids is 1. The van der Waals surface area contributed by atoms with Crippen molar-refractivity contribution in [3.63, 3.8) is 0 Å². The summed E-state index contributed by atoms with van der Waals surface area (Å²) >= 11 is 0.994. The van der Waals surface area contributed by atoms with Crippen molar-refractivity contribution in [1.29, 1.82) is 0 Å². The van der Waals surface area contributed by atoms with E-state index in [0.29, 0.717) is 0 Å². The molecule has 2 N–H and O–H groups in total. The molecule has 0 unspecified atom stereocenters. The topological polar surface area (TPSA) is 65.2 Å². The van der Waals surface area contributed by atoms with Gasteiger partial charge in [0, 0.05) is 0 Å². The van der Waals surface area contributed by atoms with Crippen molar-refractivity contribution in [2.45, 2.75) is 6.18 Å². The number of halogens is 3. The smallest absolute Gasteiger partial charge is 0.416 e. The third-order valence-corrected chi connectivity index (χ3v) is 2.99. The van der Waals surface area contributed by atoms with Gasteiger partial charge in [0.05, 0.1) is 11.1 Å². The molecule has 1 heterocycles. The average molecular weight is 288 g/mol. The molecule has 0 spiro atoms. The van der Waals surface area contributed by atoms with Crippen LogP contribution in [0.3, 0.4) is 0 Å². The highest BCUT2D eigenvalue weighted by molar-refractivity contribution is 7.12. The molecule has 1 aromatic carbocycles. The molecule has 100 valence electrons. The first-order chi connectivity index (χ1) is 8.88. The van der Waals surface area contributed by atoms with Crippen LogP contribution in [0.5, 0.6) is 5.75 Å². The highest BCUT2D eigenvalue weighted by atomic mass is 32.1. The van der Waals surface area contributed by atoms with Gasteiger partial charge in [-0.3, -0.25) is 0 Å². The van der Waals surface area contributed by atoms with Crippen molar-refractivity contribution in [2.24, 2.45) is 0 Å². The zero-order valence-electron chi connectivity index (χ0n) is 9.27. The fourth-order valence-electron chi connectivity index (χ4n) is 1.27. The average Bonchev–Trinajstić information content (AvgIpc) is 2.75. The molecule has 0 atom stereocenters. The summed E-state index contributed by atoms with van der Waals surface area (Å²) < 4.78 is 41.9. The zero-order valence-corrected chi connectivity index (χ0v) is 10.1. The number of anilines is 1. The van der Waals surface area contributed by atoms with Crippen molar-refractivity contribution < 1.29 is 22.7 Å². The van der Waals surface area contributed by atoms with E-state index in [2.05, 4.69) is 4.98 Å². The van der Waals surface area contributed by atoms with Crippen LogP contribution in [0, 0.1) is 0 Å². The summed E-state index contributed by atoms with van der Waals surface area (Å²) in [5, 5.41) is 0. The van der Waals surface area contributed by atoms with E-state index in [4.69, 9.17) is 10.5 Å². The van der Waals surface area contributed by atoms with E-state index in [1.54, 1.807) is 0 Å². The van der Waals surface area contributed by atoms with Gasteiger partial charge >= 0.3 is 12.1 Å². The Labute approximate surface area is 109 Å². The van der Waals surface area contributed by atoms with Crippen LogP contribution >= 0.6 is 11.3 Å². The maximum atomic E-state index is 12.3. The molecular formula is C11H7F3N2O2S. The third-order valence-electron chi connectivity index (χ3n) is 2.17. The van der Waals surface area contributed by atoms with Gasteiger partial charge in [0.25, 0.3) is 0 Å². The number of carbonyl (C=O) groups is 1. The maximum absolute atomic E-state index is 12.3. The fraction of sp³-hybridized carbons (Fsp3) is 0.0909. The van der Waals surface area contributed by atoms with Gasteiger partial charge in [-0.05, 0) is 24.3 Å². The summed E-state index contributed by atoms with van der Waals surface area (Å²) in [7, 11) is 0. The minimum Gasteiger partial charge on any atom is -0.422 e. The maximum Gasteiger partial charge on any atom is 0.416 e. The Kier molecular flexibility index (Phi) is 3.43. The molecule has 0 bridgehead atoms. The lowest BCUT2D eigenvalue weighted by atomic mass is 10.2. The minimum atomic E-state index is -4.43. The van der Waals surface area contributed by atoms with E-state index in [-0.39, 0.29) is 16.4 Å². The van der Waals surface area contributed by atoms with Crippen molar-refractivity contribution >= 4 is 23.1 Å². The number of nitrogens with two attached hydrogens (primary N) is 1. The Balaban J connectivity index is 2.12. The highest BCUT2D eigenvalue weighted by Crippen LogP contribution is 2.30. The van der Waals surface area contributed by atoms with Gasteiger partial charge < -0.3 is 10.5 Å². The number of esters is 1. The molecule has 0 saturated carbocycles. The lowest BCUT2D eigenvalue weighted by Gasteiger charge is -2.07. The number of nitrogens with zero attached hydrogens (tertiary/aromatic N) is 1. The second-order valence-corrected chi connectivity index (χ2v) is 4.33. The summed E-state index contributed by atoms with van der Waals surface area (Å²) in [6.45, 7) is 0. The summed E-state index contributed by atoms with van der Waals surface area (Å²) in [5.74, 6) is -0.715. The van der Waals surface area contributed by atoms with E-state index in [1.807, 2.05) is 0 Å². The summed E-state index contributed by atoms with van der Waals surface area (Å²) in [4.78, 5) is 15.4. The van der Waals surface area contributed by atoms with Crippen LogP contribution in [0.25, 0.3) is 0 Å². The first-order valence-corrected chi connectivity index (χ1v) is 5.84. The number of rotatable bonds is 2. The van der Waals surface area contributed by atoms with E-state index >= 15 is 0 Å². The second kappa shape index (κ2) is 4.88. The van der Waals surface area contributed by atoms with E-state index < -0.39 is 17.7 Å². The van der Waals surface area contributed by atoms with Crippen molar-refractivity contribution in [3.05, 3.63) is 40.2 Å². The quantitative estimate of drug-likeness (QED) is 0.681. The van der Waals surface area contributed by atoms with Crippen molar-refractivity contribution in [3.8, 4) is 5.75 Å². The fourth-order valence-corrected chi connectivity index (χ4v) is 1.86. The van der Waals surface area contributed by atoms with Gasteiger partial charge in [0.2, 0.25) is 0 Å². The Morgan fingerprint density at radius 2 is 1.89 bits per heavy atom. The molecule has 2 aromatic rings. The Bertz CT molecular complexity index is 593. The van der Waals surface area contributed by atoms with E-state index in [9.17, 15) is 18.0 Å². The summed E-state index contributed by atoms with van der Waals surface area (Å²) in [5.41, 5.74) is 5.98. The number of nitrogen functional groups attached to an aromatic ring is 1. The summed E-state index contributed by atoms with van der Waals surface area (Å²) in [6, 6.07) is 3.80. The van der Waals surface area contributed by atoms with Gasteiger partial charge in [-0.25, -0.2) is 9.78 Å². The number of hydrogen-bond donors (Lipinski definition) is 1. The molecule has 8 heteroatoms. The Morgan fingerprint density at radius 3 is 2.37 bits per heavy atom. The van der Waals surface area contributed by atoms with Crippen LogP contribution in [0.1, 0.15) is 15.2 Å². The molecule has 0 fully saturated rings. The number of benzene rings is 1. The predicted octanol–water partition coefficient (Wildman–Crippen LogP) is 2.96. The molecule has 4 nitrogen and oxygen atoms in total. The highest BCUT2D eigenvalue weighted by Gasteiger charge is 2.30. The molecule has 1 aromatic heterocycles. The molecule has 2 rings (SSSR count). The summed E-state index contributed by atoms with van der Waals surface area (Å²) in [6.07, 6.45) is -4.43. The van der Waals surface area contributed by atoms with Gasteiger partial charge in [0.1, 0.15) is 11.6 Å². The number of alkyl halides is 3. The van der Waals surface area contributed by atoms with Crippen LogP contribution in [-0.2, 0) is 6.18 Å². The third kappa shape index (κ3) is 3.02. The van der Waals surface area contributed by atoms with E-state index in [1.165, 1.54) is 5.51 Å². The van der Waals surface area contributed by atoms with Gasteiger partial charge in [0.15, 0.2) is 4.88 Å². The molecule has 0 aliphatic rings. The van der Waals surface area contributed by atoms with E-state index in [0.717, 1.165) is 35.6 Å². The normalized spacial score (nSPS) is 11.3. The number of ether oxygens (including phenoxy) is 1. The van der Waals surface area contributed by atoms with Crippen molar-refractivity contribution in [1.82, 2.24) is 4.98 Å². The standard InChI is InChI=1S/C11H7F3N2O2S/c12-11(13,14)6-1-3-7(4-2-6)18-10(17)8-9(15)16-5-19-8/h1-5H,15H2.